The van der Waals surface area contributed by atoms with Crippen molar-refractivity contribution in [2.45, 2.75) is 64.0 Å². The topological polar surface area (TPSA) is 76.6 Å². The van der Waals surface area contributed by atoms with Crippen LogP contribution in [0.15, 0.2) is 24.4 Å². The lowest BCUT2D eigenvalue weighted by Gasteiger charge is -2.27. The van der Waals surface area contributed by atoms with Crippen LogP contribution in [0, 0.1) is 5.92 Å². The van der Waals surface area contributed by atoms with Gasteiger partial charge in [-0.25, -0.2) is 12.7 Å². The summed E-state index contributed by atoms with van der Waals surface area (Å²) in [6.07, 6.45) is 9.51. The molecule has 7 heteroatoms. The van der Waals surface area contributed by atoms with Crippen LogP contribution in [0.3, 0.4) is 0 Å². The monoisotopic (exact) mass is 447 g/mol. The minimum Gasteiger partial charge on any atom is -0.390 e. The number of aliphatic hydroxyl groups is 1. The Morgan fingerprint density at radius 3 is 2.74 bits per heavy atom. The molecule has 2 aromatic rings. The summed E-state index contributed by atoms with van der Waals surface area (Å²) in [6.45, 7) is 7.16. The molecule has 0 spiro atoms. The average molecular weight is 448 g/mol. The van der Waals surface area contributed by atoms with Gasteiger partial charge in [0, 0.05) is 42.8 Å². The van der Waals surface area contributed by atoms with E-state index in [0.717, 1.165) is 38.8 Å². The number of aromatic nitrogens is 1. The Bertz CT molecular complexity index is 1010. The van der Waals surface area contributed by atoms with Crippen LogP contribution >= 0.6 is 0 Å². The van der Waals surface area contributed by atoms with Crippen molar-refractivity contribution in [3.63, 3.8) is 0 Å². The van der Waals surface area contributed by atoms with Gasteiger partial charge in [-0.05, 0) is 88.1 Å². The molecule has 0 bridgehead atoms. The van der Waals surface area contributed by atoms with E-state index in [2.05, 4.69) is 34.3 Å². The number of nitrogens with one attached hydrogen (secondary N) is 1. The van der Waals surface area contributed by atoms with E-state index >= 15 is 0 Å². The van der Waals surface area contributed by atoms with E-state index in [1.54, 1.807) is 4.31 Å². The zero-order chi connectivity index (χ0) is 22.2. The quantitative estimate of drug-likeness (QED) is 0.652. The first kappa shape index (κ1) is 22.8. The van der Waals surface area contributed by atoms with Crippen molar-refractivity contribution in [2.75, 3.05) is 32.4 Å². The van der Waals surface area contributed by atoms with E-state index in [-0.39, 0.29) is 0 Å². The van der Waals surface area contributed by atoms with Gasteiger partial charge in [0.25, 0.3) is 0 Å². The highest BCUT2D eigenvalue weighted by Gasteiger charge is 2.33. The lowest BCUT2D eigenvalue weighted by Crippen LogP contribution is -2.36. The highest BCUT2D eigenvalue weighted by Crippen LogP contribution is 2.29. The third kappa shape index (κ3) is 5.69. The molecule has 2 N–H and O–H groups in total. The number of likely N-dealkylation sites (tertiary alicyclic amines) is 1. The summed E-state index contributed by atoms with van der Waals surface area (Å²) in [5.74, 6) is 0.437. The molecule has 31 heavy (non-hydrogen) atoms. The molecule has 2 saturated heterocycles. The number of hydrogen-bond donors (Lipinski definition) is 2. The van der Waals surface area contributed by atoms with Crippen LogP contribution in [0.5, 0.6) is 0 Å². The maximum atomic E-state index is 11.8. The summed E-state index contributed by atoms with van der Waals surface area (Å²) in [7, 11) is -3.07. The Hall–Kier alpha value is -1.41. The zero-order valence-corrected chi connectivity index (χ0v) is 19.9. The Labute approximate surface area is 186 Å². The first-order valence-corrected chi connectivity index (χ1v) is 13.4. The molecule has 0 amide bonds. The lowest BCUT2D eigenvalue weighted by atomic mass is 9.96. The Kier molecular flexibility index (Phi) is 6.50. The number of rotatable bonds is 8. The van der Waals surface area contributed by atoms with Crippen LogP contribution in [0.25, 0.3) is 10.9 Å². The molecule has 2 atom stereocenters. The average Bonchev–Trinajstić information content (AvgIpc) is 3.41. The van der Waals surface area contributed by atoms with Gasteiger partial charge in [-0.1, -0.05) is 6.07 Å². The second kappa shape index (κ2) is 8.85. The molecule has 3 heterocycles. The largest absolute Gasteiger partial charge is 0.390 e. The number of nitrogens with zero attached hydrogens (tertiary/aromatic N) is 2. The second-order valence-electron chi connectivity index (χ2n) is 10.3. The predicted octanol–water partition coefficient (Wildman–Crippen LogP) is 3.16. The van der Waals surface area contributed by atoms with Gasteiger partial charge in [0.05, 0.1) is 11.9 Å². The summed E-state index contributed by atoms with van der Waals surface area (Å²) in [4.78, 5) is 6.02. The van der Waals surface area contributed by atoms with Crippen molar-refractivity contribution < 1.29 is 13.5 Å². The molecule has 0 saturated carbocycles. The van der Waals surface area contributed by atoms with Gasteiger partial charge in [0.2, 0.25) is 10.0 Å². The molecule has 1 aromatic carbocycles. The summed E-state index contributed by atoms with van der Waals surface area (Å²) < 4.78 is 25.3. The third-order valence-electron chi connectivity index (χ3n) is 7.02. The molecule has 2 aliphatic rings. The number of aryl methyl sites for hydroxylation is 1. The summed E-state index contributed by atoms with van der Waals surface area (Å²) in [5, 5.41) is 11.4. The normalized spacial score (nSPS) is 23.9. The molecule has 0 radical (unpaired) electrons. The number of aromatic amines is 1. The lowest BCUT2D eigenvalue weighted by molar-refractivity contribution is 0.0714. The van der Waals surface area contributed by atoms with Gasteiger partial charge in [0.1, 0.15) is 0 Å². The fourth-order valence-corrected chi connectivity index (χ4v) is 6.12. The number of fused-ring (bicyclic) bond motifs is 1. The van der Waals surface area contributed by atoms with Crippen LogP contribution in [0.2, 0.25) is 0 Å². The van der Waals surface area contributed by atoms with E-state index < -0.39 is 15.6 Å². The highest BCUT2D eigenvalue weighted by atomic mass is 32.2. The van der Waals surface area contributed by atoms with Crippen LogP contribution in [-0.2, 0) is 22.9 Å². The van der Waals surface area contributed by atoms with Gasteiger partial charge in [0.15, 0.2) is 0 Å². The van der Waals surface area contributed by atoms with Crippen LogP contribution in [0.1, 0.15) is 50.7 Å². The van der Waals surface area contributed by atoms with Crippen molar-refractivity contribution >= 4 is 20.9 Å². The van der Waals surface area contributed by atoms with Crippen LogP contribution in [-0.4, -0.2) is 71.8 Å². The zero-order valence-electron chi connectivity index (χ0n) is 19.1. The van der Waals surface area contributed by atoms with Gasteiger partial charge < -0.3 is 10.1 Å². The van der Waals surface area contributed by atoms with Crippen molar-refractivity contribution in [1.29, 1.82) is 0 Å². The van der Waals surface area contributed by atoms with E-state index in [9.17, 15) is 13.5 Å². The summed E-state index contributed by atoms with van der Waals surface area (Å²) in [5.41, 5.74) is 3.16. The van der Waals surface area contributed by atoms with E-state index in [0.29, 0.717) is 25.0 Å². The Morgan fingerprint density at radius 2 is 2.03 bits per heavy atom. The van der Waals surface area contributed by atoms with Gasteiger partial charge >= 0.3 is 0 Å². The Balaban J connectivity index is 1.42. The van der Waals surface area contributed by atoms with Crippen molar-refractivity contribution in [1.82, 2.24) is 14.2 Å². The van der Waals surface area contributed by atoms with Gasteiger partial charge in [-0.3, -0.25) is 4.90 Å². The molecular formula is C24H37N3O3S. The van der Waals surface area contributed by atoms with E-state index in [1.165, 1.54) is 41.1 Å². The number of hydrogen-bond acceptors (Lipinski definition) is 4. The molecule has 4 rings (SSSR count). The van der Waals surface area contributed by atoms with Crippen LogP contribution < -0.4 is 0 Å². The van der Waals surface area contributed by atoms with Crippen LogP contribution in [0.4, 0.5) is 0 Å². The molecule has 0 aliphatic carbocycles. The van der Waals surface area contributed by atoms with Crippen molar-refractivity contribution in [3.8, 4) is 0 Å². The number of H-pyrrole nitrogens is 1. The minimum absolute atomic E-state index is 0.437. The summed E-state index contributed by atoms with van der Waals surface area (Å²) >= 11 is 0. The maximum Gasteiger partial charge on any atom is 0.211 e. The molecule has 0 unspecified atom stereocenters. The molecule has 172 valence electrons. The van der Waals surface area contributed by atoms with Gasteiger partial charge in [-0.2, -0.15) is 0 Å². The first-order valence-electron chi connectivity index (χ1n) is 11.6. The fraction of sp³-hybridized carbons (Fsp3) is 0.667. The van der Waals surface area contributed by atoms with Crippen molar-refractivity contribution in [2.24, 2.45) is 5.92 Å². The SMILES string of the molecule is CC(C)(O)CCc1ccc2[nH]cc(C[C@H]3CCCN3C[C@H]3CCN(S(C)(=O)=O)C3)c2c1. The van der Waals surface area contributed by atoms with Gasteiger partial charge in [-0.15, -0.1) is 0 Å². The number of sulfonamides is 1. The minimum atomic E-state index is -3.07. The second-order valence-corrected chi connectivity index (χ2v) is 12.3. The molecule has 2 aliphatic heterocycles. The maximum absolute atomic E-state index is 11.8. The standard InChI is InChI=1S/C24H37N3O3S/c1-24(2,28)10-8-18-6-7-23-22(13-18)20(15-25-23)14-21-5-4-11-26(21)16-19-9-12-27(17-19)31(3,29)30/h6-7,13,15,19,21,25,28H,4-5,8-12,14,16-17H2,1-3H3/t19-,21-/m1/s1. The fourth-order valence-electron chi connectivity index (χ4n) is 5.20. The summed E-state index contributed by atoms with van der Waals surface area (Å²) in [6, 6.07) is 7.12. The molecule has 6 nitrogen and oxygen atoms in total. The molecule has 2 fully saturated rings. The van der Waals surface area contributed by atoms with E-state index in [4.69, 9.17) is 0 Å². The Morgan fingerprint density at radius 1 is 1.23 bits per heavy atom. The number of benzene rings is 1. The van der Waals surface area contributed by atoms with E-state index in [1.807, 2.05) is 13.8 Å². The molecular weight excluding hydrogens is 410 g/mol. The first-order chi connectivity index (χ1) is 14.6. The van der Waals surface area contributed by atoms with Crippen molar-refractivity contribution in [3.05, 3.63) is 35.5 Å². The highest BCUT2D eigenvalue weighted by molar-refractivity contribution is 7.88. The predicted molar refractivity (Wildman–Crippen MR) is 126 cm³/mol. The third-order valence-corrected chi connectivity index (χ3v) is 8.29. The smallest absolute Gasteiger partial charge is 0.211 e. The molecule has 1 aromatic heterocycles.